The minimum absolute atomic E-state index is 0.0141. The first kappa shape index (κ1) is 16.4. The molecule has 0 aromatic carbocycles. The minimum Gasteiger partial charge on any atom is -0.481 e. The number of aromatic nitrogens is 1. The third kappa shape index (κ3) is 3.90. The zero-order valence-electron chi connectivity index (χ0n) is 13.1. The summed E-state index contributed by atoms with van der Waals surface area (Å²) in [6.07, 6.45) is 5.55. The van der Waals surface area contributed by atoms with Gasteiger partial charge in [-0.1, -0.05) is 0 Å². The van der Waals surface area contributed by atoms with Crippen molar-refractivity contribution in [3.63, 3.8) is 0 Å². The molecule has 6 nitrogen and oxygen atoms in total. The zero-order chi connectivity index (χ0) is 16.2. The first-order chi connectivity index (χ1) is 11.1. The van der Waals surface area contributed by atoms with Gasteiger partial charge in [-0.15, -0.1) is 11.3 Å². The molecule has 1 aromatic rings. The Morgan fingerprint density at radius 3 is 2.96 bits per heavy atom. The Kier molecular flexibility index (Phi) is 5.27. The summed E-state index contributed by atoms with van der Waals surface area (Å²) in [4.78, 5) is 29.9. The van der Waals surface area contributed by atoms with Gasteiger partial charge >= 0.3 is 5.97 Å². The number of likely N-dealkylation sites (tertiary alicyclic amines) is 1. The van der Waals surface area contributed by atoms with Crippen molar-refractivity contribution >= 4 is 23.2 Å². The molecule has 7 heteroatoms. The Morgan fingerprint density at radius 2 is 2.22 bits per heavy atom. The van der Waals surface area contributed by atoms with Crippen molar-refractivity contribution in [3.8, 4) is 0 Å². The zero-order valence-corrected chi connectivity index (χ0v) is 13.9. The van der Waals surface area contributed by atoms with E-state index in [1.54, 1.807) is 0 Å². The van der Waals surface area contributed by atoms with E-state index < -0.39 is 5.97 Å². The molecule has 0 saturated carbocycles. The molecule has 2 saturated heterocycles. The highest BCUT2D eigenvalue weighted by atomic mass is 32.1. The number of nitrogens with zero attached hydrogens (tertiary/aromatic N) is 2. The van der Waals surface area contributed by atoms with Crippen LogP contribution in [-0.2, 0) is 9.53 Å². The van der Waals surface area contributed by atoms with Gasteiger partial charge in [-0.05, 0) is 38.5 Å². The van der Waals surface area contributed by atoms with E-state index in [2.05, 4.69) is 4.98 Å². The fourth-order valence-electron chi connectivity index (χ4n) is 3.31. The van der Waals surface area contributed by atoms with Gasteiger partial charge in [-0.25, -0.2) is 4.98 Å². The van der Waals surface area contributed by atoms with Crippen LogP contribution in [0.5, 0.6) is 0 Å². The Morgan fingerprint density at radius 1 is 1.35 bits per heavy atom. The van der Waals surface area contributed by atoms with E-state index in [4.69, 9.17) is 9.84 Å². The van der Waals surface area contributed by atoms with Gasteiger partial charge in [-0.2, -0.15) is 0 Å². The van der Waals surface area contributed by atoms with Crippen LogP contribution in [0, 0.1) is 0 Å². The van der Waals surface area contributed by atoms with Gasteiger partial charge in [0.15, 0.2) is 0 Å². The number of aliphatic carboxylic acids is 1. The van der Waals surface area contributed by atoms with Crippen LogP contribution in [0.25, 0.3) is 0 Å². The smallest absolute Gasteiger partial charge is 0.303 e. The number of thiazole rings is 1. The predicted molar refractivity (Wildman–Crippen MR) is 85.6 cm³/mol. The summed E-state index contributed by atoms with van der Waals surface area (Å²) in [5, 5.41) is 11.6. The van der Waals surface area contributed by atoms with Gasteiger partial charge in [0.1, 0.15) is 16.8 Å². The normalized spacial score (nSPS) is 24.8. The molecule has 1 aromatic heterocycles. The molecule has 2 unspecified atom stereocenters. The van der Waals surface area contributed by atoms with Crippen molar-refractivity contribution in [2.24, 2.45) is 0 Å². The summed E-state index contributed by atoms with van der Waals surface area (Å²) >= 11 is 1.48. The Balaban J connectivity index is 1.68. The van der Waals surface area contributed by atoms with E-state index in [9.17, 15) is 9.59 Å². The number of ether oxygens (including phenoxy) is 1. The van der Waals surface area contributed by atoms with Crippen molar-refractivity contribution in [1.29, 1.82) is 0 Å². The van der Waals surface area contributed by atoms with Crippen LogP contribution in [0.2, 0.25) is 0 Å². The molecule has 3 heterocycles. The SMILES string of the molecule is O=C(O)CCC1CCCCN1C(=O)c1csc(C2CCCO2)n1. The van der Waals surface area contributed by atoms with Crippen LogP contribution in [0.4, 0.5) is 0 Å². The monoisotopic (exact) mass is 338 g/mol. The highest BCUT2D eigenvalue weighted by Gasteiger charge is 2.30. The number of carbonyl (C=O) groups is 2. The maximum absolute atomic E-state index is 12.8. The van der Waals surface area contributed by atoms with Crippen LogP contribution in [0.15, 0.2) is 5.38 Å². The molecule has 2 aliphatic rings. The highest BCUT2D eigenvalue weighted by Crippen LogP contribution is 2.31. The number of amides is 1. The molecule has 2 atom stereocenters. The molecule has 1 N–H and O–H groups in total. The maximum atomic E-state index is 12.8. The second kappa shape index (κ2) is 7.40. The number of hydrogen-bond donors (Lipinski definition) is 1. The quantitative estimate of drug-likeness (QED) is 0.893. The van der Waals surface area contributed by atoms with Crippen molar-refractivity contribution in [3.05, 3.63) is 16.1 Å². The number of piperidine rings is 1. The molecule has 126 valence electrons. The summed E-state index contributed by atoms with van der Waals surface area (Å²) in [7, 11) is 0. The van der Waals surface area contributed by atoms with Crippen molar-refractivity contribution in [2.45, 2.75) is 57.1 Å². The highest BCUT2D eigenvalue weighted by molar-refractivity contribution is 7.09. The first-order valence-electron chi connectivity index (χ1n) is 8.25. The summed E-state index contributed by atoms with van der Waals surface area (Å²) in [6, 6.07) is 0.0141. The molecule has 2 fully saturated rings. The van der Waals surface area contributed by atoms with Crippen molar-refractivity contribution in [2.75, 3.05) is 13.2 Å². The molecule has 0 spiro atoms. The third-order valence-corrected chi connectivity index (χ3v) is 5.46. The molecule has 0 aliphatic carbocycles. The summed E-state index contributed by atoms with van der Waals surface area (Å²) < 4.78 is 5.62. The lowest BCUT2D eigenvalue weighted by molar-refractivity contribution is -0.137. The summed E-state index contributed by atoms with van der Waals surface area (Å²) in [5.41, 5.74) is 0.475. The van der Waals surface area contributed by atoms with Gasteiger partial charge in [0.05, 0.1) is 0 Å². The average molecular weight is 338 g/mol. The number of carboxylic acid groups (broad SMARTS) is 1. The van der Waals surface area contributed by atoms with Crippen molar-refractivity contribution < 1.29 is 19.4 Å². The van der Waals surface area contributed by atoms with Crippen LogP contribution in [0.1, 0.15) is 66.5 Å². The number of rotatable bonds is 5. The fraction of sp³-hybridized carbons (Fsp3) is 0.688. The largest absolute Gasteiger partial charge is 0.481 e. The van der Waals surface area contributed by atoms with E-state index in [0.29, 0.717) is 18.7 Å². The third-order valence-electron chi connectivity index (χ3n) is 4.53. The van der Waals surface area contributed by atoms with Gasteiger partial charge in [0, 0.05) is 31.0 Å². The Hall–Kier alpha value is -1.47. The molecular formula is C16H22N2O4S. The van der Waals surface area contributed by atoms with E-state index in [1.165, 1.54) is 11.3 Å². The lowest BCUT2D eigenvalue weighted by Gasteiger charge is -2.35. The van der Waals surface area contributed by atoms with E-state index in [0.717, 1.165) is 43.7 Å². The number of carboxylic acids is 1. The average Bonchev–Trinajstić information content (AvgIpc) is 3.23. The molecule has 0 bridgehead atoms. The molecular weight excluding hydrogens is 316 g/mol. The Labute approximate surface area is 139 Å². The lowest BCUT2D eigenvalue weighted by atomic mass is 9.97. The van der Waals surface area contributed by atoms with Gasteiger partial charge in [-0.3, -0.25) is 9.59 Å². The van der Waals surface area contributed by atoms with Gasteiger partial charge in [0.25, 0.3) is 5.91 Å². The lowest BCUT2D eigenvalue weighted by Crippen LogP contribution is -2.44. The van der Waals surface area contributed by atoms with Crippen LogP contribution < -0.4 is 0 Å². The topological polar surface area (TPSA) is 79.7 Å². The summed E-state index contributed by atoms with van der Waals surface area (Å²) in [6.45, 7) is 1.45. The molecule has 23 heavy (non-hydrogen) atoms. The van der Waals surface area contributed by atoms with E-state index >= 15 is 0 Å². The maximum Gasteiger partial charge on any atom is 0.303 e. The predicted octanol–water partition coefficient (Wildman–Crippen LogP) is 2.85. The van der Waals surface area contributed by atoms with Gasteiger partial charge < -0.3 is 14.7 Å². The van der Waals surface area contributed by atoms with Crippen LogP contribution in [0.3, 0.4) is 0 Å². The van der Waals surface area contributed by atoms with Crippen LogP contribution in [-0.4, -0.2) is 46.1 Å². The van der Waals surface area contributed by atoms with E-state index in [-0.39, 0.29) is 24.5 Å². The number of hydrogen-bond acceptors (Lipinski definition) is 5. The fourth-order valence-corrected chi connectivity index (χ4v) is 4.19. The second-order valence-electron chi connectivity index (χ2n) is 6.15. The molecule has 0 radical (unpaired) electrons. The number of carbonyl (C=O) groups excluding carboxylic acids is 1. The molecule has 3 rings (SSSR count). The van der Waals surface area contributed by atoms with Crippen molar-refractivity contribution in [1.82, 2.24) is 9.88 Å². The standard InChI is InChI=1S/C16H22N2O4S/c19-14(20)7-6-11-4-1-2-8-18(11)16(21)12-10-23-15(17-12)13-5-3-9-22-13/h10-11,13H,1-9H2,(H,19,20). The van der Waals surface area contributed by atoms with Gasteiger partial charge in [0.2, 0.25) is 0 Å². The second-order valence-corrected chi connectivity index (χ2v) is 7.04. The minimum atomic E-state index is -0.808. The molecule has 1 amide bonds. The molecule has 2 aliphatic heterocycles. The Bertz CT molecular complexity index is 568. The summed E-state index contributed by atoms with van der Waals surface area (Å²) in [5.74, 6) is -0.877. The van der Waals surface area contributed by atoms with E-state index in [1.807, 2.05) is 10.3 Å². The van der Waals surface area contributed by atoms with Crippen LogP contribution >= 0.6 is 11.3 Å². The first-order valence-corrected chi connectivity index (χ1v) is 9.13.